The van der Waals surface area contributed by atoms with Crippen LogP contribution < -0.4 is 0 Å². The lowest BCUT2D eigenvalue weighted by atomic mass is 9.81. The van der Waals surface area contributed by atoms with E-state index in [1.807, 2.05) is 0 Å². The predicted molar refractivity (Wildman–Crippen MR) is 211 cm³/mol. The van der Waals surface area contributed by atoms with Gasteiger partial charge in [0, 0.05) is 16.2 Å². The largest absolute Gasteiger partial charge is 0.456 e. The lowest BCUT2D eigenvalue weighted by Crippen LogP contribution is -2.14. The second-order valence-corrected chi connectivity index (χ2v) is 14.4. The van der Waals surface area contributed by atoms with Crippen LogP contribution in [0.25, 0.3) is 98.8 Å². The van der Waals surface area contributed by atoms with Gasteiger partial charge in [-0.05, 0) is 112 Å². The summed E-state index contributed by atoms with van der Waals surface area (Å²) in [6, 6.07) is 58.2. The Hall–Kier alpha value is -6.18. The van der Waals surface area contributed by atoms with Gasteiger partial charge < -0.3 is 4.42 Å². The molecule has 1 heterocycles. The molecule has 50 heavy (non-hydrogen) atoms. The Morgan fingerprint density at radius 3 is 1.74 bits per heavy atom. The van der Waals surface area contributed by atoms with Crippen molar-refractivity contribution >= 4 is 54.3 Å². The topological polar surface area (TPSA) is 13.1 Å². The van der Waals surface area contributed by atoms with Crippen LogP contribution in [0.1, 0.15) is 25.0 Å². The van der Waals surface area contributed by atoms with E-state index >= 15 is 0 Å². The van der Waals surface area contributed by atoms with Gasteiger partial charge in [0.15, 0.2) is 0 Å². The minimum atomic E-state index is -0.0206. The summed E-state index contributed by atoms with van der Waals surface area (Å²) in [4.78, 5) is 0. The van der Waals surface area contributed by atoms with Crippen LogP contribution in [0, 0.1) is 0 Å². The third-order valence-corrected chi connectivity index (χ3v) is 11.5. The van der Waals surface area contributed by atoms with E-state index in [2.05, 4.69) is 172 Å². The van der Waals surface area contributed by atoms with Gasteiger partial charge in [-0.2, -0.15) is 0 Å². The number of hydrogen-bond acceptors (Lipinski definition) is 1. The monoisotopic (exact) mass is 636 g/mol. The first-order valence-electron chi connectivity index (χ1n) is 17.5. The first-order chi connectivity index (χ1) is 24.6. The van der Waals surface area contributed by atoms with Crippen LogP contribution in [0.15, 0.2) is 162 Å². The summed E-state index contributed by atoms with van der Waals surface area (Å²) in [6.45, 7) is 4.70. The quantitative estimate of drug-likeness (QED) is 0.139. The molecule has 1 aliphatic rings. The summed E-state index contributed by atoms with van der Waals surface area (Å²) in [5.74, 6) is 0. The van der Waals surface area contributed by atoms with E-state index in [9.17, 15) is 0 Å². The summed E-state index contributed by atoms with van der Waals surface area (Å²) in [7, 11) is 0. The fourth-order valence-corrected chi connectivity index (χ4v) is 9.11. The van der Waals surface area contributed by atoms with Crippen molar-refractivity contribution in [2.45, 2.75) is 19.3 Å². The van der Waals surface area contributed by atoms with Gasteiger partial charge in [0.25, 0.3) is 0 Å². The number of rotatable bonds is 3. The average Bonchev–Trinajstić information content (AvgIpc) is 3.66. The van der Waals surface area contributed by atoms with E-state index in [-0.39, 0.29) is 5.41 Å². The normalized spacial score (nSPS) is 13.6. The van der Waals surface area contributed by atoms with E-state index < -0.39 is 0 Å². The fraction of sp³-hybridized carbons (Fsp3) is 0.0612. The van der Waals surface area contributed by atoms with Crippen molar-refractivity contribution in [3.63, 3.8) is 0 Å². The standard InChI is InChI=1S/C49H32O/c1-49(2)41-16-8-7-11-33(41)34-24-23-32(28-42(34)49)29-18-20-31(21-19-29)45-35-12-3-5-14-37(35)47(38-15-6-4-13-36(38)45)39-26-27-44-48-40(39)25-22-30-10-9-17-43(50-44)46(30)48/h3-28H,1-2H3. The van der Waals surface area contributed by atoms with Crippen molar-refractivity contribution in [1.29, 1.82) is 0 Å². The molecule has 0 bridgehead atoms. The summed E-state index contributed by atoms with van der Waals surface area (Å²) in [6.07, 6.45) is 0. The maximum Gasteiger partial charge on any atom is 0.136 e. The third-order valence-electron chi connectivity index (χ3n) is 11.5. The fourth-order valence-electron chi connectivity index (χ4n) is 9.11. The van der Waals surface area contributed by atoms with Gasteiger partial charge in [-0.15, -0.1) is 0 Å². The molecule has 9 aromatic carbocycles. The van der Waals surface area contributed by atoms with Crippen molar-refractivity contribution in [2.75, 3.05) is 0 Å². The number of furan rings is 1. The molecule has 11 rings (SSSR count). The zero-order valence-electron chi connectivity index (χ0n) is 27.9. The molecule has 0 spiro atoms. The zero-order valence-corrected chi connectivity index (χ0v) is 27.9. The average molecular weight is 637 g/mol. The molecule has 1 aromatic heterocycles. The van der Waals surface area contributed by atoms with E-state index in [4.69, 9.17) is 4.42 Å². The summed E-state index contributed by atoms with van der Waals surface area (Å²) < 4.78 is 6.35. The van der Waals surface area contributed by atoms with Crippen molar-refractivity contribution in [3.05, 3.63) is 169 Å². The second-order valence-electron chi connectivity index (χ2n) is 14.4. The molecule has 0 fully saturated rings. The Labute approximate surface area is 290 Å². The van der Waals surface area contributed by atoms with Crippen LogP contribution in [0.3, 0.4) is 0 Å². The lowest BCUT2D eigenvalue weighted by Gasteiger charge is -2.22. The molecule has 1 nitrogen and oxygen atoms in total. The highest BCUT2D eigenvalue weighted by atomic mass is 16.3. The number of benzene rings is 9. The molecule has 1 aliphatic carbocycles. The van der Waals surface area contributed by atoms with E-state index in [0.717, 1.165) is 11.2 Å². The Kier molecular flexibility index (Phi) is 5.51. The van der Waals surface area contributed by atoms with Crippen LogP contribution in [-0.4, -0.2) is 0 Å². The van der Waals surface area contributed by atoms with Crippen molar-refractivity contribution in [2.24, 2.45) is 0 Å². The third kappa shape index (κ3) is 3.67. The highest BCUT2D eigenvalue weighted by molar-refractivity contribution is 6.28. The molecule has 0 aliphatic heterocycles. The summed E-state index contributed by atoms with van der Waals surface area (Å²) >= 11 is 0. The molecule has 0 radical (unpaired) electrons. The van der Waals surface area contributed by atoms with E-state index in [1.54, 1.807) is 0 Å². The van der Waals surface area contributed by atoms with Crippen LogP contribution in [0.5, 0.6) is 0 Å². The van der Waals surface area contributed by atoms with Gasteiger partial charge in [0.1, 0.15) is 11.2 Å². The van der Waals surface area contributed by atoms with E-state index in [0.29, 0.717) is 0 Å². The van der Waals surface area contributed by atoms with Gasteiger partial charge in [0.05, 0.1) is 0 Å². The first kappa shape index (κ1) is 27.7. The van der Waals surface area contributed by atoms with Crippen LogP contribution in [-0.2, 0) is 5.41 Å². The molecule has 0 amide bonds. The van der Waals surface area contributed by atoms with Gasteiger partial charge in [-0.1, -0.05) is 147 Å². The molecule has 10 aromatic rings. The van der Waals surface area contributed by atoms with Gasteiger partial charge in [0.2, 0.25) is 0 Å². The highest BCUT2D eigenvalue weighted by Gasteiger charge is 2.35. The van der Waals surface area contributed by atoms with E-state index in [1.165, 1.54) is 98.7 Å². The smallest absolute Gasteiger partial charge is 0.136 e. The van der Waals surface area contributed by atoms with Crippen molar-refractivity contribution < 1.29 is 4.42 Å². The Morgan fingerprint density at radius 2 is 0.980 bits per heavy atom. The van der Waals surface area contributed by atoms with Gasteiger partial charge in [-0.3, -0.25) is 0 Å². The summed E-state index contributed by atoms with van der Waals surface area (Å²) in [5.41, 5.74) is 14.9. The molecule has 1 heteroatoms. The molecule has 234 valence electrons. The maximum absolute atomic E-state index is 6.35. The zero-order chi connectivity index (χ0) is 33.1. The molecule has 0 unspecified atom stereocenters. The Balaban J connectivity index is 1.09. The van der Waals surface area contributed by atoms with Gasteiger partial charge in [-0.25, -0.2) is 0 Å². The van der Waals surface area contributed by atoms with Crippen LogP contribution >= 0.6 is 0 Å². The predicted octanol–water partition coefficient (Wildman–Crippen LogP) is 13.8. The van der Waals surface area contributed by atoms with Gasteiger partial charge >= 0.3 is 0 Å². The number of fused-ring (bicyclic) bond motifs is 5. The lowest BCUT2D eigenvalue weighted by molar-refractivity contribution is 0.660. The van der Waals surface area contributed by atoms with Crippen molar-refractivity contribution in [3.8, 4) is 44.5 Å². The number of hydrogen-bond donors (Lipinski definition) is 0. The molecule has 0 saturated carbocycles. The SMILES string of the molecule is CC1(C)c2ccccc2-c2ccc(-c3ccc(-c4c5ccccc5c(-c5ccc6oc7cccc8ccc5c6c87)c5ccccc45)cc3)cc21. The van der Waals surface area contributed by atoms with Crippen LogP contribution in [0.4, 0.5) is 0 Å². The minimum absolute atomic E-state index is 0.0206. The summed E-state index contributed by atoms with van der Waals surface area (Å²) in [5, 5.41) is 9.90. The minimum Gasteiger partial charge on any atom is -0.456 e. The molecule has 0 atom stereocenters. The molecule has 0 N–H and O–H groups in total. The first-order valence-corrected chi connectivity index (χ1v) is 17.5. The van der Waals surface area contributed by atoms with Crippen LogP contribution in [0.2, 0.25) is 0 Å². The molecular formula is C49H32O. The maximum atomic E-state index is 6.35. The highest BCUT2D eigenvalue weighted by Crippen LogP contribution is 2.50. The Morgan fingerprint density at radius 1 is 0.380 bits per heavy atom. The second kappa shape index (κ2) is 9.94. The molecular weight excluding hydrogens is 605 g/mol. The van der Waals surface area contributed by atoms with Crippen molar-refractivity contribution in [1.82, 2.24) is 0 Å². The Bertz CT molecular complexity index is 2930. The molecule has 0 saturated heterocycles.